The van der Waals surface area contributed by atoms with Gasteiger partial charge in [0, 0.05) is 24.8 Å². The molecule has 1 rings (SSSR count). The topological polar surface area (TPSA) is 21.3 Å². The van der Waals surface area contributed by atoms with E-state index in [0.717, 1.165) is 38.2 Å². The maximum absolute atomic E-state index is 13.0. The largest absolute Gasteiger partial charge is 0.381 e. The summed E-state index contributed by atoms with van der Waals surface area (Å²) in [5, 5.41) is 3.67. The van der Waals surface area contributed by atoms with E-state index in [4.69, 9.17) is 16.3 Å². The lowest BCUT2D eigenvalue weighted by atomic mass is 10.2. The molecule has 0 unspecified atom stereocenters. The molecule has 0 spiro atoms. The maximum Gasteiger partial charge on any atom is 0.125 e. The van der Waals surface area contributed by atoms with Gasteiger partial charge in [0.05, 0.1) is 0 Å². The van der Waals surface area contributed by atoms with Gasteiger partial charge in [0.25, 0.3) is 0 Å². The summed E-state index contributed by atoms with van der Waals surface area (Å²) in [5.41, 5.74) is 0.865. The van der Waals surface area contributed by atoms with Crippen LogP contribution in [0.2, 0.25) is 5.02 Å². The van der Waals surface area contributed by atoms with E-state index in [2.05, 4.69) is 12.2 Å². The molecule has 0 aliphatic rings. The van der Waals surface area contributed by atoms with Gasteiger partial charge in [0.2, 0.25) is 0 Å². The first-order chi connectivity index (χ1) is 8.22. The van der Waals surface area contributed by atoms with Gasteiger partial charge in [-0.05, 0) is 43.1 Å². The van der Waals surface area contributed by atoms with E-state index in [0.29, 0.717) is 11.6 Å². The predicted octanol–water partition coefficient (Wildman–Crippen LogP) is 3.39. The monoisotopic (exact) mass is 259 g/mol. The normalized spacial score (nSPS) is 10.8. The minimum atomic E-state index is -0.291. The highest BCUT2D eigenvalue weighted by atomic mass is 35.5. The zero-order valence-corrected chi connectivity index (χ0v) is 10.9. The Balaban J connectivity index is 2.13. The molecule has 0 aromatic heterocycles. The Morgan fingerprint density at radius 2 is 2.12 bits per heavy atom. The summed E-state index contributed by atoms with van der Waals surface area (Å²) in [4.78, 5) is 0. The van der Waals surface area contributed by atoms with Gasteiger partial charge in [-0.2, -0.15) is 0 Å². The van der Waals surface area contributed by atoms with Crippen LogP contribution in [0.25, 0.3) is 0 Å². The molecule has 0 bridgehead atoms. The summed E-state index contributed by atoms with van der Waals surface area (Å²) in [5.74, 6) is -0.291. The molecule has 0 saturated heterocycles. The third kappa shape index (κ3) is 6.61. The van der Waals surface area contributed by atoms with Crippen molar-refractivity contribution in [2.24, 2.45) is 0 Å². The molecule has 4 heteroatoms. The summed E-state index contributed by atoms with van der Waals surface area (Å²) < 4.78 is 18.4. The standard InChI is InChI=1S/C13H19ClFNO/c1-2-5-17-6-3-4-16-10-11-7-12(14)9-13(15)8-11/h7-9,16H,2-6,10H2,1H3. The summed E-state index contributed by atoms with van der Waals surface area (Å²) >= 11 is 5.76. The Morgan fingerprint density at radius 3 is 2.82 bits per heavy atom. The predicted molar refractivity (Wildman–Crippen MR) is 68.8 cm³/mol. The van der Waals surface area contributed by atoms with Gasteiger partial charge in [-0.1, -0.05) is 18.5 Å². The van der Waals surface area contributed by atoms with Crippen LogP contribution in [-0.2, 0) is 11.3 Å². The molecule has 0 fully saturated rings. The first-order valence-electron chi connectivity index (χ1n) is 5.96. The minimum absolute atomic E-state index is 0.291. The van der Waals surface area contributed by atoms with Crippen molar-refractivity contribution in [1.29, 1.82) is 0 Å². The van der Waals surface area contributed by atoms with Crippen molar-refractivity contribution >= 4 is 11.6 Å². The molecule has 1 aromatic rings. The molecule has 1 N–H and O–H groups in total. The van der Waals surface area contributed by atoms with Crippen LogP contribution in [0.15, 0.2) is 18.2 Å². The van der Waals surface area contributed by atoms with Crippen LogP contribution < -0.4 is 5.32 Å². The molecule has 0 radical (unpaired) electrons. The van der Waals surface area contributed by atoms with Crippen LogP contribution in [-0.4, -0.2) is 19.8 Å². The van der Waals surface area contributed by atoms with Crippen LogP contribution in [0.3, 0.4) is 0 Å². The fourth-order valence-corrected chi connectivity index (χ4v) is 1.74. The Bertz CT molecular complexity index is 313. The molecular weight excluding hydrogens is 241 g/mol. The highest BCUT2D eigenvalue weighted by Crippen LogP contribution is 2.13. The fourth-order valence-electron chi connectivity index (χ4n) is 1.49. The molecule has 1 aromatic carbocycles. The summed E-state index contributed by atoms with van der Waals surface area (Å²) in [6.45, 7) is 5.17. The summed E-state index contributed by atoms with van der Waals surface area (Å²) in [6, 6.07) is 4.57. The zero-order valence-electron chi connectivity index (χ0n) is 10.1. The van der Waals surface area contributed by atoms with Crippen LogP contribution in [0.1, 0.15) is 25.3 Å². The molecule has 0 atom stereocenters. The fraction of sp³-hybridized carbons (Fsp3) is 0.538. The summed E-state index contributed by atoms with van der Waals surface area (Å²) in [7, 11) is 0. The van der Waals surface area contributed by atoms with E-state index in [1.54, 1.807) is 6.07 Å². The number of rotatable bonds is 8. The molecule has 0 aliphatic carbocycles. The molecular formula is C13H19ClFNO. The van der Waals surface area contributed by atoms with Crippen LogP contribution >= 0.6 is 11.6 Å². The van der Waals surface area contributed by atoms with Crippen molar-refractivity contribution in [2.45, 2.75) is 26.3 Å². The highest BCUT2D eigenvalue weighted by molar-refractivity contribution is 6.30. The molecule has 0 amide bonds. The number of hydrogen-bond donors (Lipinski definition) is 1. The molecule has 0 heterocycles. The molecule has 96 valence electrons. The quantitative estimate of drug-likeness (QED) is 0.723. The lowest BCUT2D eigenvalue weighted by Crippen LogP contribution is -2.16. The van der Waals surface area contributed by atoms with Gasteiger partial charge in [-0.3, -0.25) is 0 Å². The Morgan fingerprint density at radius 1 is 1.29 bits per heavy atom. The Hall–Kier alpha value is -0.640. The number of nitrogens with one attached hydrogen (secondary N) is 1. The van der Waals surface area contributed by atoms with Gasteiger partial charge in [-0.15, -0.1) is 0 Å². The average molecular weight is 260 g/mol. The lowest BCUT2D eigenvalue weighted by Gasteiger charge is -2.06. The number of halogens is 2. The van der Waals surface area contributed by atoms with Crippen molar-refractivity contribution in [3.63, 3.8) is 0 Å². The Kier molecular flexibility index (Phi) is 7.17. The first-order valence-corrected chi connectivity index (χ1v) is 6.33. The van der Waals surface area contributed by atoms with E-state index in [1.807, 2.05) is 0 Å². The number of benzene rings is 1. The second kappa shape index (κ2) is 8.45. The SMILES string of the molecule is CCCOCCCNCc1cc(F)cc(Cl)c1. The van der Waals surface area contributed by atoms with Crippen molar-refractivity contribution in [1.82, 2.24) is 5.32 Å². The third-order valence-corrected chi connectivity index (χ3v) is 2.46. The molecule has 2 nitrogen and oxygen atoms in total. The minimum Gasteiger partial charge on any atom is -0.381 e. The average Bonchev–Trinajstić information content (AvgIpc) is 2.26. The second-order valence-corrected chi connectivity index (χ2v) is 4.36. The Labute approximate surface area is 107 Å². The maximum atomic E-state index is 13.0. The first kappa shape index (κ1) is 14.4. The highest BCUT2D eigenvalue weighted by Gasteiger charge is 1.98. The second-order valence-electron chi connectivity index (χ2n) is 3.92. The zero-order chi connectivity index (χ0) is 12.5. The van der Waals surface area contributed by atoms with Crippen molar-refractivity contribution in [3.8, 4) is 0 Å². The molecule has 0 aliphatic heterocycles. The van der Waals surface area contributed by atoms with Gasteiger partial charge in [-0.25, -0.2) is 4.39 Å². The smallest absolute Gasteiger partial charge is 0.125 e. The number of ether oxygens (including phenoxy) is 1. The molecule has 0 saturated carbocycles. The van der Waals surface area contributed by atoms with E-state index >= 15 is 0 Å². The van der Waals surface area contributed by atoms with Crippen molar-refractivity contribution in [3.05, 3.63) is 34.6 Å². The van der Waals surface area contributed by atoms with Crippen LogP contribution in [0.5, 0.6) is 0 Å². The van der Waals surface area contributed by atoms with E-state index < -0.39 is 0 Å². The van der Waals surface area contributed by atoms with Crippen LogP contribution in [0.4, 0.5) is 4.39 Å². The number of hydrogen-bond acceptors (Lipinski definition) is 2. The lowest BCUT2D eigenvalue weighted by molar-refractivity contribution is 0.132. The van der Waals surface area contributed by atoms with Gasteiger partial charge in [0.1, 0.15) is 5.82 Å². The van der Waals surface area contributed by atoms with E-state index in [1.165, 1.54) is 12.1 Å². The van der Waals surface area contributed by atoms with E-state index in [-0.39, 0.29) is 5.82 Å². The van der Waals surface area contributed by atoms with Crippen molar-refractivity contribution in [2.75, 3.05) is 19.8 Å². The third-order valence-electron chi connectivity index (χ3n) is 2.24. The van der Waals surface area contributed by atoms with Crippen molar-refractivity contribution < 1.29 is 9.13 Å². The van der Waals surface area contributed by atoms with E-state index in [9.17, 15) is 4.39 Å². The van der Waals surface area contributed by atoms with Gasteiger partial charge < -0.3 is 10.1 Å². The van der Waals surface area contributed by atoms with Gasteiger partial charge >= 0.3 is 0 Å². The molecule has 17 heavy (non-hydrogen) atoms. The van der Waals surface area contributed by atoms with Crippen LogP contribution in [0, 0.1) is 5.82 Å². The summed E-state index contributed by atoms with van der Waals surface area (Å²) in [6.07, 6.45) is 2.01. The van der Waals surface area contributed by atoms with Gasteiger partial charge in [0.15, 0.2) is 0 Å².